The summed E-state index contributed by atoms with van der Waals surface area (Å²) in [6, 6.07) is 7.69. The SMILES string of the molecule is COC(=O)CSc1ccc2oc(Br)cc2c1. The average molecular weight is 301 g/mol. The lowest BCUT2D eigenvalue weighted by Gasteiger charge is -1.99. The lowest BCUT2D eigenvalue weighted by Crippen LogP contribution is -2.02. The van der Waals surface area contributed by atoms with Gasteiger partial charge in [-0.3, -0.25) is 4.79 Å². The number of methoxy groups -OCH3 is 1. The third kappa shape index (κ3) is 2.59. The molecule has 0 saturated heterocycles. The second-order valence-corrected chi connectivity index (χ2v) is 4.95. The molecule has 0 aliphatic carbocycles. The molecule has 0 aliphatic heterocycles. The van der Waals surface area contributed by atoms with Gasteiger partial charge in [-0.1, -0.05) is 0 Å². The molecule has 0 atom stereocenters. The van der Waals surface area contributed by atoms with Crippen LogP contribution in [0.5, 0.6) is 0 Å². The van der Waals surface area contributed by atoms with Crippen molar-refractivity contribution in [2.24, 2.45) is 0 Å². The quantitative estimate of drug-likeness (QED) is 0.643. The Morgan fingerprint density at radius 1 is 1.50 bits per heavy atom. The number of hydrogen-bond donors (Lipinski definition) is 0. The Balaban J connectivity index is 2.16. The Bertz CT molecular complexity index is 521. The Kier molecular flexibility index (Phi) is 3.56. The number of hydrogen-bond acceptors (Lipinski definition) is 4. The molecular weight excluding hydrogens is 292 g/mol. The molecule has 5 heteroatoms. The van der Waals surface area contributed by atoms with Gasteiger partial charge in [-0.25, -0.2) is 0 Å². The minimum Gasteiger partial charge on any atom is -0.468 e. The van der Waals surface area contributed by atoms with E-state index in [-0.39, 0.29) is 5.97 Å². The predicted octanol–water partition coefficient (Wildman–Crippen LogP) is 3.46. The lowest BCUT2D eigenvalue weighted by atomic mass is 10.3. The number of benzene rings is 1. The molecule has 0 bridgehead atoms. The fourth-order valence-electron chi connectivity index (χ4n) is 1.28. The van der Waals surface area contributed by atoms with Gasteiger partial charge in [0.05, 0.1) is 12.9 Å². The smallest absolute Gasteiger partial charge is 0.315 e. The number of thioether (sulfide) groups is 1. The first kappa shape index (κ1) is 11.5. The predicted molar refractivity (Wildman–Crippen MR) is 66.7 cm³/mol. The molecule has 0 unspecified atom stereocenters. The Hall–Kier alpha value is -0.940. The van der Waals surface area contributed by atoms with Gasteiger partial charge in [0.15, 0.2) is 4.67 Å². The van der Waals surface area contributed by atoms with Gasteiger partial charge in [0, 0.05) is 10.3 Å². The molecule has 0 saturated carbocycles. The normalized spacial score (nSPS) is 10.6. The first-order valence-corrected chi connectivity index (χ1v) is 6.35. The van der Waals surface area contributed by atoms with Crippen molar-refractivity contribution in [3.63, 3.8) is 0 Å². The van der Waals surface area contributed by atoms with Crippen molar-refractivity contribution < 1.29 is 13.9 Å². The number of carbonyl (C=O) groups excluding carboxylic acids is 1. The fourth-order valence-corrected chi connectivity index (χ4v) is 2.48. The molecule has 84 valence electrons. The first-order chi connectivity index (χ1) is 7.69. The minimum absolute atomic E-state index is 0.224. The summed E-state index contributed by atoms with van der Waals surface area (Å²) in [6.07, 6.45) is 0. The van der Waals surface area contributed by atoms with Crippen molar-refractivity contribution >= 4 is 44.6 Å². The molecule has 2 aromatic rings. The molecule has 0 spiro atoms. The second-order valence-electron chi connectivity index (χ2n) is 3.11. The van der Waals surface area contributed by atoms with E-state index in [1.54, 1.807) is 0 Å². The standard InChI is InChI=1S/C11H9BrO3S/c1-14-11(13)6-16-8-2-3-9-7(4-8)5-10(12)15-9/h2-5H,6H2,1H3. The summed E-state index contributed by atoms with van der Waals surface area (Å²) in [5, 5.41) is 1.02. The maximum atomic E-state index is 11.0. The first-order valence-electron chi connectivity index (χ1n) is 4.58. The van der Waals surface area contributed by atoms with Crippen LogP contribution in [0.2, 0.25) is 0 Å². The molecule has 16 heavy (non-hydrogen) atoms. The maximum Gasteiger partial charge on any atom is 0.315 e. The van der Waals surface area contributed by atoms with E-state index >= 15 is 0 Å². The lowest BCUT2D eigenvalue weighted by molar-refractivity contribution is -0.137. The van der Waals surface area contributed by atoms with E-state index < -0.39 is 0 Å². The minimum atomic E-state index is -0.224. The van der Waals surface area contributed by atoms with Crippen molar-refractivity contribution in [3.8, 4) is 0 Å². The number of ether oxygens (including phenoxy) is 1. The van der Waals surface area contributed by atoms with Crippen molar-refractivity contribution in [1.29, 1.82) is 0 Å². The summed E-state index contributed by atoms with van der Waals surface area (Å²) >= 11 is 4.72. The monoisotopic (exact) mass is 300 g/mol. The van der Waals surface area contributed by atoms with Gasteiger partial charge >= 0.3 is 5.97 Å². The average Bonchev–Trinajstić information content (AvgIpc) is 2.65. The van der Waals surface area contributed by atoms with Crippen LogP contribution in [0, 0.1) is 0 Å². The van der Waals surface area contributed by atoms with E-state index in [0.717, 1.165) is 15.9 Å². The zero-order valence-electron chi connectivity index (χ0n) is 8.53. The van der Waals surface area contributed by atoms with E-state index in [0.29, 0.717) is 10.4 Å². The summed E-state index contributed by atoms with van der Waals surface area (Å²) in [6.45, 7) is 0. The van der Waals surface area contributed by atoms with Crippen LogP contribution in [-0.4, -0.2) is 18.8 Å². The number of rotatable bonds is 3. The highest BCUT2D eigenvalue weighted by Gasteiger charge is 2.05. The number of carbonyl (C=O) groups is 1. The fraction of sp³-hybridized carbons (Fsp3) is 0.182. The van der Waals surface area contributed by atoms with Crippen LogP contribution < -0.4 is 0 Å². The van der Waals surface area contributed by atoms with Crippen LogP contribution in [0.4, 0.5) is 0 Å². The van der Waals surface area contributed by atoms with Gasteiger partial charge in [0.1, 0.15) is 5.58 Å². The molecule has 0 amide bonds. The van der Waals surface area contributed by atoms with E-state index in [9.17, 15) is 4.79 Å². The molecule has 3 nitrogen and oxygen atoms in total. The summed E-state index contributed by atoms with van der Waals surface area (Å²) in [4.78, 5) is 12.0. The molecule has 0 N–H and O–H groups in total. The largest absolute Gasteiger partial charge is 0.468 e. The van der Waals surface area contributed by atoms with Crippen LogP contribution in [0.15, 0.2) is 38.2 Å². The van der Waals surface area contributed by atoms with E-state index in [1.165, 1.54) is 18.9 Å². The second kappa shape index (κ2) is 4.93. The van der Waals surface area contributed by atoms with Gasteiger partial charge in [-0.05, 0) is 40.2 Å². The Morgan fingerprint density at radius 3 is 3.06 bits per heavy atom. The number of furan rings is 1. The summed E-state index contributed by atoms with van der Waals surface area (Å²) < 4.78 is 10.7. The summed E-state index contributed by atoms with van der Waals surface area (Å²) in [7, 11) is 1.39. The van der Waals surface area contributed by atoms with Gasteiger partial charge in [-0.15, -0.1) is 11.8 Å². The molecule has 0 fully saturated rings. The highest BCUT2D eigenvalue weighted by atomic mass is 79.9. The van der Waals surface area contributed by atoms with Crippen molar-refractivity contribution in [1.82, 2.24) is 0 Å². The van der Waals surface area contributed by atoms with Gasteiger partial charge in [0.25, 0.3) is 0 Å². The molecule has 1 heterocycles. The number of fused-ring (bicyclic) bond motifs is 1. The highest BCUT2D eigenvalue weighted by Crippen LogP contribution is 2.28. The summed E-state index contributed by atoms with van der Waals surface area (Å²) in [5.74, 6) is 0.0968. The molecule has 0 aliphatic rings. The Labute approximate surface area is 105 Å². The molecular formula is C11H9BrO3S. The zero-order valence-corrected chi connectivity index (χ0v) is 10.9. The van der Waals surface area contributed by atoms with E-state index in [1.807, 2.05) is 24.3 Å². The molecule has 1 aromatic carbocycles. The third-order valence-electron chi connectivity index (χ3n) is 2.04. The Morgan fingerprint density at radius 2 is 2.31 bits per heavy atom. The number of esters is 1. The van der Waals surface area contributed by atoms with Crippen LogP contribution >= 0.6 is 27.7 Å². The van der Waals surface area contributed by atoms with Crippen LogP contribution in [-0.2, 0) is 9.53 Å². The van der Waals surface area contributed by atoms with Crippen molar-refractivity contribution in [2.75, 3.05) is 12.9 Å². The van der Waals surface area contributed by atoms with Gasteiger partial charge < -0.3 is 9.15 Å². The van der Waals surface area contributed by atoms with Gasteiger partial charge in [0.2, 0.25) is 0 Å². The molecule has 0 radical (unpaired) electrons. The van der Waals surface area contributed by atoms with Crippen molar-refractivity contribution in [3.05, 3.63) is 28.9 Å². The topological polar surface area (TPSA) is 39.4 Å². The van der Waals surface area contributed by atoms with Crippen molar-refractivity contribution in [2.45, 2.75) is 4.90 Å². The van der Waals surface area contributed by atoms with E-state index in [2.05, 4.69) is 20.7 Å². The zero-order chi connectivity index (χ0) is 11.5. The van der Waals surface area contributed by atoms with Crippen LogP contribution in [0.25, 0.3) is 11.0 Å². The number of halogens is 1. The van der Waals surface area contributed by atoms with Gasteiger partial charge in [-0.2, -0.15) is 0 Å². The third-order valence-corrected chi connectivity index (χ3v) is 3.40. The van der Waals surface area contributed by atoms with E-state index in [4.69, 9.17) is 4.42 Å². The molecule has 1 aromatic heterocycles. The maximum absolute atomic E-state index is 11.0. The van der Waals surface area contributed by atoms with Crippen LogP contribution in [0.1, 0.15) is 0 Å². The molecule has 2 rings (SSSR count). The summed E-state index contributed by atoms with van der Waals surface area (Å²) in [5.41, 5.74) is 0.828. The van der Waals surface area contributed by atoms with Crippen LogP contribution in [0.3, 0.4) is 0 Å². The highest BCUT2D eigenvalue weighted by molar-refractivity contribution is 9.10.